The smallest absolute Gasteiger partial charge is 0.343 e. The monoisotopic (exact) mass is 468 g/mol. The summed E-state index contributed by atoms with van der Waals surface area (Å²) in [4.78, 5) is 24.8. The number of carbonyl (C=O) groups is 2. The summed E-state index contributed by atoms with van der Waals surface area (Å²) in [6, 6.07) is 16.1. The molecule has 0 aliphatic carbocycles. The highest BCUT2D eigenvalue weighted by atomic mass is 35.5. The minimum Gasteiger partial charge on any atom is -0.493 e. The Labute approximate surface area is 195 Å². The third-order valence-corrected chi connectivity index (χ3v) is 4.71. The van der Waals surface area contributed by atoms with Gasteiger partial charge in [-0.15, -0.1) is 0 Å². The van der Waals surface area contributed by atoms with E-state index >= 15 is 0 Å². The van der Waals surface area contributed by atoms with E-state index in [1.54, 1.807) is 48.5 Å². The van der Waals surface area contributed by atoms with E-state index in [2.05, 4.69) is 10.5 Å². The lowest BCUT2D eigenvalue weighted by Gasteiger charge is -2.13. The van der Waals surface area contributed by atoms with Crippen LogP contribution in [-0.4, -0.2) is 39.4 Å². The standard InChI is InChI=1S/C24H21ClN2O6/c1-30-20-12-17(13-21(31-2)22(20)32-3)24(29)33-19-6-4-5-15(11-19)14-26-27-23(28)16-7-9-18(25)10-8-16/h4-14H,1-3H3,(H,27,28)/b26-14-. The quantitative estimate of drug-likeness (QED) is 0.228. The number of halogens is 1. The van der Waals surface area contributed by atoms with Crippen molar-refractivity contribution in [2.45, 2.75) is 0 Å². The van der Waals surface area contributed by atoms with Crippen LogP contribution in [0.2, 0.25) is 5.02 Å². The first-order valence-electron chi connectivity index (χ1n) is 9.66. The Bertz CT molecular complexity index is 1150. The van der Waals surface area contributed by atoms with Gasteiger partial charge in [0.2, 0.25) is 5.75 Å². The Morgan fingerprint density at radius 1 is 0.879 bits per heavy atom. The van der Waals surface area contributed by atoms with Crippen LogP contribution in [0.3, 0.4) is 0 Å². The fraction of sp³-hybridized carbons (Fsp3) is 0.125. The number of ether oxygens (including phenoxy) is 4. The van der Waals surface area contributed by atoms with Gasteiger partial charge in [-0.3, -0.25) is 4.79 Å². The zero-order valence-electron chi connectivity index (χ0n) is 18.1. The Morgan fingerprint density at radius 3 is 2.15 bits per heavy atom. The predicted octanol–water partition coefficient (Wildman–Crippen LogP) is 4.35. The van der Waals surface area contributed by atoms with Crippen LogP contribution in [0.4, 0.5) is 0 Å². The lowest BCUT2D eigenvalue weighted by Crippen LogP contribution is -2.17. The van der Waals surface area contributed by atoms with E-state index in [4.69, 9.17) is 30.5 Å². The molecule has 0 heterocycles. The number of hydrazone groups is 1. The van der Waals surface area contributed by atoms with Gasteiger partial charge < -0.3 is 18.9 Å². The summed E-state index contributed by atoms with van der Waals surface area (Å²) in [5.41, 5.74) is 3.68. The van der Waals surface area contributed by atoms with Gasteiger partial charge in [-0.1, -0.05) is 23.7 Å². The Hall–Kier alpha value is -4.04. The Morgan fingerprint density at radius 2 is 1.55 bits per heavy atom. The van der Waals surface area contributed by atoms with E-state index < -0.39 is 5.97 Å². The molecule has 0 unspecified atom stereocenters. The van der Waals surface area contributed by atoms with E-state index in [1.165, 1.54) is 39.7 Å². The molecular weight excluding hydrogens is 448 g/mol. The maximum absolute atomic E-state index is 12.7. The van der Waals surface area contributed by atoms with E-state index in [9.17, 15) is 9.59 Å². The van der Waals surface area contributed by atoms with Crippen molar-refractivity contribution in [2.24, 2.45) is 5.10 Å². The number of nitrogens with one attached hydrogen (secondary N) is 1. The van der Waals surface area contributed by atoms with Gasteiger partial charge in [0.15, 0.2) is 11.5 Å². The molecule has 9 heteroatoms. The number of benzene rings is 3. The summed E-state index contributed by atoms with van der Waals surface area (Å²) in [6.07, 6.45) is 1.44. The molecule has 3 aromatic carbocycles. The lowest BCUT2D eigenvalue weighted by atomic mass is 10.1. The molecule has 0 saturated carbocycles. The van der Waals surface area contributed by atoms with Crippen LogP contribution in [0.15, 0.2) is 65.8 Å². The topological polar surface area (TPSA) is 95.5 Å². The zero-order valence-corrected chi connectivity index (χ0v) is 18.9. The van der Waals surface area contributed by atoms with Gasteiger partial charge >= 0.3 is 5.97 Å². The van der Waals surface area contributed by atoms with Crippen molar-refractivity contribution >= 4 is 29.7 Å². The number of nitrogens with zero attached hydrogens (tertiary/aromatic N) is 1. The molecule has 0 aliphatic heterocycles. The molecule has 0 radical (unpaired) electrons. The fourth-order valence-electron chi connectivity index (χ4n) is 2.85. The molecule has 0 bridgehead atoms. The molecule has 0 spiro atoms. The Balaban J connectivity index is 1.69. The highest BCUT2D eigenvalue weighted by Gasteiger charge is 2.18. The molecule has 3 rings (SSSR count). The molecule has 3 aromatic rings. The molecule has 1 amide bonds. The van der Waals surface area contributed by atoms with E-state index in [0.29, 0.717) is 39.1 Å². The van der Waals surface area contributed by atoms with Crippen LogP contribution < -0.4 is 24.4 Å². The summed E-state index contributed by atoms with van der Waals surface area (Å²) in [6.45, 7) is 0. The highest BCUT2D eigenvalue weighted by Crippen LogP contribution is 2.38. The minimum absolute atomic E-state index is 0.221. The van der Waals surface area contributed by atoms with Gasteiger partial charge in [-0.05, 0) is 54.1 Å². The highest BCUT2D eigenvalue weighted by molar-refractivity contribution is 6.30. The average molecular weight is 469 g/mol. The summed E-state index contributed by atoms with van der Waals surface area (Å²) >= 11 is 5.82. The fourth-order valence-corrected chi connectivity index (χ4v) is 2.98. The number of hydrogen-bond donors (Lipinski definition) is 1. The maximum Gasteiger partial charge on any atom is 0.343 e. The molecule has 8 nitrogen and oxygen atoms in total. The molecule has 0 aromatic heterocycles. The van der Waals surface area contributed by atoms with Gasteiger partial charge in [0.1, 0.15) is 5.75 Å². The van der Waals surface area contributed by atoms with Crippen LogP contribution in [0.5, 0.6) is 23.0 Å². The van der Waals surface area contributed by atoms with Crippen molar-refractivity contribution in [3.63, 3.8) is 0 Å². The van der Waals surface area contributed by atoms with Crippen molar-refractivity contribution in [3.8, 4) is 23.0 Å². The zero-order chi connectivity index (χ0) is 23.8. The first kappa shape index (κ1) is 23.6. The molecule has 33 heavy (non-hydrogen) atoms. The third kappa shape index (κ3) is 6.02. The van der Waals surface area contributed by atoms with Crippen molar-refractivity contribution in [3.05, 3.63) is 82.4 Å². The normalized spacial score (nSPS) is 10.5. The van der Waals surface area contributed by atoms with Gasteiger partial charge in [-0.2, -0.15) is 5.10 Å². The molecule has 0 fully saturated rings. The number of carbonyl (C=O) groups excluding carboxylic acids is 2. The number of esters is 1. The molecule has 1 N–H and O–H groups in total. The maximum atomic E-state index is 12.7. The third-order valence-electron chi connectivity index (χ3n) is 4.46. The number of methoxy groups -OCH3 is 3. The van der Waals surface area contributed by atoms with Gasteiger partial charge in [0, 0.05) is 10.6 Å². The van der Waals surface area contributed by atoms with E-state index in [1.807, 2.05) is 0 Å². The predicted molar refractivity (Wildman–Crippen MR) is 124 cm³/mol. The molecule has 170 valence electrons. The molecular formula is C24H21ClN2O6. The average Bonchev–Trinajstić information content (AvgIpc) is 2.83. The number of amides is 1. The van der Waals surface area contributed by atoms with Crippen molar-refractivity contribution < 1.29 is 28.5 Å². The van der Waals surface area contributed by atoms with Crippen molar-refractivity contribution in [1.29, 1.82) is 0 Å². The second-order valence-corrected chi connectivity index (χ2v) is 7.02. The first-order chi connectivity index (χ1) is 15.9. The summed E-state index contributed by atoms with van der Waals surface area (Å²) in [7, 11) is 4.39. The summed E-state index contributed by atoms with van der Waals surface area (Å²) < 4.78 is 21.3. The van der Waals surface area contributed by atoms with Crippen LogP contribution in [0, 0.1) is 0 Å². The lowest BCUT2D eigenvalue weighted by molar-refractivity contribution is 0.0733. The molecule has 0 saturated heterocycles. The molecule has 0 atom stereocenters. The SMILES string of the molecule is COc1cc(C(=O)Oc2cccc(/C=N\NC(=O)c3ccc(Cl)cc3)c2)cc(OC)c1OC. The first-order valence-corrected chi connectivity index (χ1v) is 10.0. The summed E-state index contributed by atoms with van der Waals surface area (Å²) in [5, 5.41) is 4.47. The van der Waals surface area contributed by atoms with Crippen LogP contribution >= 0.6 is 11.6 Å². The number of rotatable bonds is 8. The second-order valence-electron chi connectivity index (χ2n) is 6.58. The van der Waals surface area contributed by atoms with Gasteiger partial charge in [0.25, 0.3) is 5.91 Å². The largest absolute Gasteiger partial charge is 0.493 e. The minimum atomic E-state index is -0.612. The van der Waals surface area contributed by atoms with Crippen molar-refractivity contribution in [2.75, 3.05) is 21.3 Å². The van der Waals surface area contributed by atoms with Crippen LogP contribution in [0.1, 0.15) is 26.3 Å². The second kappa shape index (κ2) is 11.0. The van der Waals surface area contributed by atoms with Crippen LogP contribution in [-0.2, 0) is 0 Å². The van der Waals surface area contributed by atoms with E-state index in [-0.39, 0.29) is 11.5 Å². The van der Waals surface area contributed by atoms with Crippen LogP contribution in [0.25, 0.3) is 0 Å². The number of hydrogen-bond acceptors (Lipinski definition) is 7. The van der Waals surface area contributed by atoms with Gasteiger partial charge in [0.05, 0.1) is 33.1 Å². The van der Waals surface area contributed by atoms with Gasteiger partial charge in [-0.25, -0.2) is 10.2 Å². The summed E-state index contributed by atoms with van der Waals surface area (Å²) in [5.74, 6) is 0.339. The van der Waals surface area contributed by atoms with Crippen molar-refractivity contribution in [1.82, 2.24) is 5.43 Å². The molecule has 0 aliphatic rings. The van der Waals surface area contributed by atoms with E-state index in [0.717, 1.165) is 0 Å². The Kier molecular flexibility index (Phi) is 7.88.